The normalized spacial score (nSPS) is 9.94. The molecule has 1 amide bonds. The minimum absolute atomic E-state index is 0.00236. The lowest BCUT2D eigenvalue weighted by molar-refractivity contribution is -0.118. The summed E-state index contributed by atoms with van der Waals surface area (Å²) in [5, 5.41) is 2.75. The zero-order valence-corrected chi connectivity index (χ0v) is 11.0. The standard InChI is InChI=1S/C10H15BrN4O/c1-8(16)12-4-3-5-15(2)10-13-6-9(11)7-14-10/h6-7H,3-5H2,1-2H3,(H,12,16). The quantitative estimate of drug-likeness (QED) is 0.827. The van der Waals surface area contributed by atoms with Gasteiger partial charge in [0.1, 0.15) is 0 Å². The molecule has 16 heavy (non-hydrogen) atoms. The zero-order chi connectivity index (χ0) is 12.0. The van der Waals surface area contributed by atoms with Crippen molar-refractivity contribution in [1.29, 1.82) is 0 Å². The van der Waals surface area contributed by atoms with Gasteiger partial charge in [0.05, 0.1) is 4.47 Å². The lowest BCUT2D eigenvalue weighted by Gasteiger charge is -2.16. The van der Waals surface area contributed by atoms with Gasteiger partial charge in [-0.25, -0.2) is 9.97 Å². The maximum absolute atomic E-state index is 10.6. The lowest BCUT2D eigenvalue weighted by Crippen LogP contribution is -2.27. The van der Waals surface area contributed by atoms with E-state index in [0.717, 1.165) is 17.4 Å². The average Bonchev–Trinajstić information content (AvgIpc) is 2.25. The second-order valence-corrected chi connectivity index (χ2v) is 4.38. The number of rotatable bonds is 5. The van der Waals surface area contributed by atoms with Crippen LogP contribution in [0.15, 0.2) is 16.9 Å². The predicted molar refractivity (Wildman–Crippen MR) is 66.3 cm³/mol. The molecule has 0 unspecified atom stereocenters. The van der Waals surface area contributed by atoms with E-state index in [4.69, 9.17) is 0 Å². The van der Waals surface area contributed by atoms with Crippen LogP contribution in [0.25, 0.3) is 0 Å². The van der Waals surface area contributed by atoms with Gasteiger partial charge in [-0.2, -0.15) is 0 Å². The molecule has 0 fully saturated rings. The topological polar surface area (TPSA) is 58.1 Å². The molecule has 1 rings (SSSR count). The molecule has 0 atom stereocenters. The SMILES string of the molecule is CC(=O)NCCCN(C)c1ncc(Br)cn1. The van der Waals surface area contributed by atoms with Crippen molar-refractivity contribution in [2.45, 2.75) is 13.3 Å². The Morgan fingerprint density at radius 3 is 2.69 bits per heavy atom. The monoisotopic (exact) mass is 286 g/mol. The second kappa shape index (κ2) is 6.42. The molecule has 0 bridgehead atoms. The Morgan fingerprint density at radius 1 is 1.50 bits per heavy atom. The first-order valence-electron chi connectivity index (χ1n) is 5.02. The molecular weight excluding hydrogens is 272 g/mol. The smallest absolute Gasteiger partial charge is 0.225 e. The number of nitrogens with zero attached hydrogens (tertiary/aromatic N) is 3. The van der Waals surface area contributed by atoms with Gasteiger partial charge in [-0.05, 0) is 22.4 Å². The summed E-state index contributed by atoms with van der Waals surface area (Å²) in [6.45, 7) is 3.00. The largest absolute Gasteiger partial charge is 0.356 e. The van der Waals surface area contributed by atoms with Crippen LogP contribution in [-0.4, -0.2) is 36.0 Å². The van der Waals surface area contributed by atoms with E-state index in [1.807, 2.05) is 11.9 Å². The van der Waals surface area contributed by atoms with E-state index >= 15 is 0 Å². The minimum Gasteiger partial charge on any atom is -0.356 e. The van der Waals surface area contributed by atoms with Crippen molar-refractivity contribution in [2.24, 2.45) is 0 Å². The lowest BCUT2D eigenvalue weighted by atomic mass is 10.4. The third kappa shape index (κ3) is 4.57. The number of anilines is 1. The van der Waals surface area contributed by atoms with Gasteiger partial charge >= 0.3 is 0 Å². The summed E-state index contributed by atoms with van der Waals surface area (Å²) in [5.74, 6) is 0.688. The number of aromatic nitrogens is 2. The summed E-state index contributed by atoms with van der Waals surface area (Å²) in [6.07, 6.45) is 4.30. The van der Waals surface area contributed by atoms with Crippen molar-refractivity contribution in [3.63, 3.8) is 0 Å². The van der Waals surface area contributed by atoms with Crippen molar-refractivity contribution in [1.82, 2.24) is 15.3 Å². The molecule has 0 radical (unpaired) electrons. The highest BCUT2D eigenvalue weighted by Crippen LogP contribution is 2.09. The third-order valence-corrected chi connectivity index (χ3v) is 2.40. The summed E-state index contributed by atoms with van der Waals surface area (Å²) in [7, 11) is 1.93. The van der Waals surface area contributed by atoms with Crippen LogP contribution in [0.1, 0.15) is 13.3 Å². The molecule has 1 aromatic rings. The van der Waals surface area contributed by atoms with Crippen molar-refractivity contribution in [3.05, 3.63) is 16.9 Å². The minimum atomic E-state index is 0.00236. The Morgan fingerprint density at radius 2 is 2.12 bits per heavy atom. The van der Waals surface area contributed by atoms with Gasteiger partial charge in [0.15, 0.2) is 0 Å². The van der Waals surface area contributed by atoms with E-state index in [0.29, 0.717) is 12.5 Å². The summed E-state index contributed by atoms with van der Waals surface area (Å²) in [5.41, 5.74) is 0. The van der Waals surface area contributed by atoms with Crippen molar-refractivity contribution < 1.29 is 4.79 Å². The molecule has 6 heteroatoms. The summed E-state index contributed by atoms with van der Waals surface area (Å²) >= 11 is 3.28. The second-order valence-electron chi connectivity index (χ2n) is 3.46. The van der Waals surface area contributed by atoms with Crippen molar-refractivity contribution >= 4 is 27.8 Å². The fourth-order valence-electron chi connectivity index (χ4n) is 1.18. The molecule has 0 aliphatic carbocycles. The van der Waals surface area contributed by atoms with Gasteiger partial charge in [0, 0.05) is 39.5 Å². The number of nitrogens with one attached hydrogen (secondary N) is 1. The zero-order valence-electron chi connectivity index (χ0n) is 9.40. The molecule has 0 spiro atoms. The predicted octanol–water partition coefficient (Wildman–Crippen LogP) is 1.20. The van der Waals surface area contributed by atoms with E-state index in [1.165, 1.54) is 6.92 Å². The number of hydrogen-bond acceptors (Lipinski definition) is 4. The number of halogens is 1. The Kier molecular flexibility index (Phi) is 5.18. The van der Waals surface area contributed by atoms with Gasteiger partial charge < -0.3 is 10.2 Å². The Hall–Kier alpha value is -1.17. The summed E-state index contributed by atoms with van der Waals surface area (Å²) in [6, 6.07) is 0. The molecule has 0 aliphatic heterocycles. The fourth-order valence-corrected chi connectivity index (χ4v) is 1.39. The number of amides is 1. The van der Waals surface area contributed by atoms with Gasteiger partial charge in [0.2, 0.25) is 11.9 Å². The number of hydrogen-bond donors (Lipinski definition) is 1. The van der Waals surface area contributed by atoms with E-state index in [-0.39, 0.29) is 5.91 Å². The molecular formula is C10H15BrN4O. The molecule has 88 valence electrons. The molecule has 1 N–H and O–H groups in total. The van der Waals surface area contributed by atoms with Crippen LogP contribution in [0.5, 0.6) is 0 Å². The van der Waals surface area contributed by atoms with Crippen LogP contribution in [0.3, 0.4) is 0 Å². The highest BCUT2D eigenvalue weighted by Gasteiger charge is 2.03. The van der Waals surface area contributed by atoms with E-state index in [2.05, 4.69) is 31.2 Å². The molecule has 1 aromatic heterocycles. The highest BCUT2D eigenvalue weighted by molar-refractivity contribution is 9.10. The molecule has 5 nitrogen and oxygen atoms in total. The highest BCUT2D eigenvalue weighted by atomic mass is 79.9. The third-order valence-electron chi connectivity index (χ3n) is 1.99. The molecule has 1 heterocycles. The van der Waals surface area contributed by atoms with Crippen LogP contribution < -0.4 is 10.2 Å². The van der Waals surface area contributed by atoms with Crippen molar-refractivity contribution in [2.75, 3.05) is 25.0 Å². The first-order valence-corrected chi connectivity index (χ1v) is 5.82. The number of carbonyl (C=O) groups excluding carboxylic acids is 1. The van der Waals surface area contributed by atoms with Crippen LogP contribution in [0.4, 0.5) is 5.95 Å². The van der Waals surface area contributed by atoms with Crippen LogP contribution in [0, 0.1) is 0 Å². The Balaban J connectivity index is 2.32. The molecule has 0 saturated heterocycles. The molecule has 0 aliphatic rings. The summed E-state index contributed by atoms with van der Waals surface area (Å²) < 4.78 is 0.864. The number of carbonyl (C=O) groups is 1. The van der Waals surface area contributed by atoms with E-state index in [1.54, 1.807) is 12.4 Å². The first-order chi connectivity index (χ1) is 7.59. The van der Waals surface area contributed by atoms with Gasteiger partial charge in [-0.3, -0.25) is 4.79 Å². The van der Waals surface area contributed by atoms with Gasteiger partial charge in [0.25, 0.3) is 0 Å². The molecule has 0 saturated carbocycles. The Labute approximate surface area is 103 Å². The van der Waals surface area contributed by atoms with E-state index < -0.39 is 0 Å². The maximum atomic E-state index is 10.6. The Bertz CT molecular complexity index is 341. The molecule has 0 aromatic carbocycles. The van der Waals surface area contributed by atoms with Crippen molar-refractivity contribution in [3.8, 4) is 0 Å². The van der Waals surface area contributed by atoms with E-state index in [9.17, 15) is 4.79 Å². The van der Waals surface area contributed by atoms with Crippen LogP contribution in [0.2, 0.25) is 0 Å². The van der Waals surface area contributed by atoms with Gasteiger partial charge in [-0.15, -0.1) is 0 Å². The summed E-state index contributed by atoms with van der Waals surface area (Å²) in [4.78, 5) is 20.9. The first kappa shape index (κ1) is 12.9. The van der Waals surface area contributed by atoms with Crippen LogP contribution >= 0.6 is 15.9 Å². The van der Waals surface area contributed by atoms with Crippen LogP contribution in [-0.2, 0) is 4.79 Å². The fraction of sp³-hybridized carbons (Fsp3) is 0.500. The average molecular weight is 287 g/mol. The maximum Gasteiger partial charge on any atom is 0.225 e. The van der Waals surface area contributed by atoms with Gasteiger partial charge in [-0.1, -0.05) is 0 Å².